The van der Waals surface area contributed by atoms with E-state index < -0.39 is 5.41 Å². The average Bonchev–Trinajstić information content (AvgIpc) is 3.41. The van der Waals surface area contributed by atoms with Gasteiger partial charge in [-0.1, -0.05) is 30.2 Å². The van der Waals surface area contributed by atoms with Crippen molar-refractivity contribution in [3.63, 3.8) is 0 Å². The molecular formula is C38H51N7O. The highest BCUT2D eigenvalue weighted by atomic mass is 16.2. The molecule has 1 atom stereocenters. The number of benzene rings is 2. The lowest BCUT2D eigenvalue weighted by Gasteiger charge is -2.31. The number of aromatic nitrogens is 2. The number of fused-ring (bicyclic) bond motifs is 1. The molecule has 0 aliphatic heterocycles. The maximum Gasteiger partial charge on any atom is 0.232 e. The summed E-state index contributed by atoms with van der Waals surface area (Å²) < 4.78 is 0. The number of hydrogen-bond acceptors (Lipinski definition) is 5. The minimum Gasteiger partial charge on any atom is -0.365 e. The molecule has 4 aromatic rings. The molecule has 0 saturated carbocycles. The number of nitrogens with one attached hydrogen (secondary N) is 1. The summed E-state index contributed by atoms with van der Waals surface area (Å²) in [4.78, 5) is 28.1. The van der Waals surface area contributed by atoms with Crippen molar-refractivity contribution in [3.05, 3.63) is 88.7 Å². The third-order valence-corrected chi connectivity index (χ3v) is 8.62. The van der Waals surface area contributed by atoms with Crippen LogP contribution in [0, 0.1) is 25.3 Å². The molecule has 8 heteroatoms. The highest BCUT2D eigenvalue weighted by Gasteiger charge is 2.33. The van der Waals surface area contributed by atoms with Gasteiger partial charge in [0.1, 0.15) is 6.34 Å². The molecule has 0 saturated heterocycles. The van der Waals surface area contributed by atoms with Crippen molar-refractivity contribution >= 4 is 23.1 Å². The normalized spacial score (nSPS) is 12.0. The Balaban J connectivity index is 0.000000304. The van der Waals surface area contributed by atoms with Crippen molar-refractivity contribution < 1.29 is 4.79 Å². The molecule has 46 heavy (non-hydrogen) atoms. The van der Waals surface area contributed by atoms with Crippen LogP contribution in [0.4, 0.5) is 0 Å². The topological polar surface area (TPSA) is 114 Å². The van der Waals surface area contributed by atoms with E-state index in [0.717, 1.165) is 54.6 Å². The first-order valence-electron chi connectivity index (χ1n) is 16.2. The number of hydrogen-bond donors (Lipinski definition) is 2. The number of nitrogens with zero attached hydrogens (tertiary/aromatic N) is 5. The summed E-state index contributed by atoms with van der Waals surface area (Å²) >= 11 is 0. The molecule has 0 bridgehead atoms. The number of aryl methyl sites for hydroxylation is 2. The van der Waals surface area contributed by atoms with Crippen LogP contribution in [-0.4, -0.2) is 65.2 Å². The fourth-order valence-corrected chi connectivity index (χ4v) is 5.87. The molecule has 1 amide bonds. The van der Waals surface area contributed by atoms with E-state index in [1.54, 1.807) is 12.5 Å². The van der Waals surface area contributed by atoms with Crippen molar-refractivity contribution in [2.45, 2.75) is 72.6 Å². The summed E-state index contributed by atoms with van der Waals surface area (Å²) in [6.07, 6.45) is 8.73. The van der Waals surface area contributed by atoms with Gasteiger partial charge in [0.25, 0.3) is 0 Å². The molecule has 1 unspecified atom stereocenters. The van der Waals surface area contributed by atoms with Crippen LogP contribution in [0.15, 0.2) is 65.9 Å². The third kappa shape index (κ3) is 9.04. The van der Waals surface area contributed by atoms with Gasteiger partial charge in [0.05, 0.1) is 5.41 Å². The van der Waals surface area contributed by atoms with Gasteiger partial charge in [0.15, 0.2) is 0 Å². The molecule has 2 aromatic carbocycles. The Hall–Kier alpha value is -4.48. The van der Waals surface area contributed by atoms with Gasteiger partial charge in [0, 0.05) is 55.7 Å². The van der Waals surface area contributed by atoms with Crippen molar-refractivity contribution in [1.29, 1.82) is 5.26 Å². The quantitative estimate of drug-likeness (QED) is 0.0994. The second-order valence-corrected chi connectivity index (χ2v) is 12.6. The standard InChI is InChI=1S/C26H35N3O.C12H16N4/c1-7-29(8-2)25(30)26(5,6)20-9-10-23-22(16-20)21(11-12-27)24(28-23)19-14-17(3)13-18(4)15-19;1-11(12-3-6-14-7-4-12)5-8-16(2)10-15-9-13/h9-10,13-16,28H,7-8,11-12,27H2,1-6H3;3-4,6-7,10-11H,5,8H2,1-2H3. The van der Waals surface area contributed by atoms with E-state index in [1.807, 2.05) is 69.1 Å². The van der Waals surface area contributed by atoms with Crippen molar-refractivity contribution in [2.24, 2.45) is 10.7 Å². The minimum atomic E-state index is -0.586. The number of rotatable bonds is 12. The SMILES string of the molecule is CC(CCN(C)C=NC#N)c1ccncc1.CCN(CC)C(=O)C(C)(C)c1ccc2[nH]c(-c3cc(C)cc(C)c3)c(CCN)c2c1. The number of aliphatic imine (C=N–C) groups is 1. The maximum atomic E-state index is 13.2. The van der Waals surface area contributed by atoms with E-state index in [-0.39, 0.29) is 5.91 Å². The first-order valence-corrected chi connectivity index (χ1v) is 16.2. The Labute approximate surface area is 275 Å². The number of H-pyrrole nitrogens is 1. The van der Waals surface area contributed by atoms with E-state index in [2.05, 4.69) is 72.1 Å². The van der Waals surface area contributed by atoms with Crippen LogP contribution < -0.4 is 5.73 Å². The number of likely N-dealkylation sites (N-methyl/N-ethyl adjacent to an activating group) is 1. The largest absolute Gasteiger partial charge is 0.365 e. The summed E-state index contributed by atoms with van der Waals surface area (Å²) in [5.41, 5.74) is 14.9. The number of carbonyl (C=O) groups excluding carboxylic acids is 1. The van der Waals surface area contributed by atoms with Crippen LogP contribution in [-0.2, 0) is 16.6 Å². The van der Waals surface area contributed by atoms with Crippen LogP contribution in [0.25, 0.3) is 22.2 Å². The molecular weight excluding hydrogens is 570 g/mol. The predicted molar refractivity (Wildman–Crippen MR) is 191 cm³/mol. The number of carbonyl (C=O) groups is 1. The van der Waals surface area contributed by atoms with Gasteiger partial charge >= 0.3 is 0 Å². The van der Waals surface area contributed by atoms with Crippen molar-refractivity contribution in [3.8, 4) is 17.5 Å². The number of aromatic amines is 1. The Morgan fingerprint density at radius 1 is 1.09 bits per heavy atom. The number of pyridine rings is 1. The summed E-state index contributed by atoms with van der Waals surface area (Å²) in [7, 11) is 1.92. The molecule has 0 spiro atoms. The molecule has 244 valence electrons. The number of amides is 1. The van der Waals surface area contributed by atoms with Crippen LogP contribution in [0.5, 0.6) is 0 Å². The molecule has 0 aliphatic rings. The Kier molecular flexibility index (Phi) is 13.1. The molecule has 0 aliphatic carbocycles. The lowest BCUT2D eigenvalue weighted by molar-refractivity contribution is -0.135. The number of nitrogens with two attached hydrogens (primary N) is 1. The highest BCUT2D eigenvalue weighted by Crippen LogP contribution is 2.35. The Bertz CT molecular complexity index is 1620. The lowest BCUT2D eigenvalue weighted by Crippen LogP contribution is -2.43. The summed E-state index contributed by atoms with van der Waals surface area (Å²) in [6, 6.07) is 17.1. The van der Waals surface area contributed by atoms with Crippen molar-refractivity contribution in [1.82, 2.24) is 19.8 Å². The molecule has 8 nitrogen and oxygen atoms in total. The van der Waals surface area contributed by atoms with Gasteiger partial charge in [-0.3, -0.25) is 9.78 Å². The van der Waals surface area contributed by atoms with E-state index in [1.165, 1.54) is 27.8 Å². The molecule has 2 heterocycles. The van der Waals surface area contributed by atoms with Crippen LogP contribution in [0.3, 0.4) is 0 Å². The first-order chi connectivity index (χ1) is 22.0. The number of nitriles is 1. The smallest absolute Gasteiger partial charge is 0.232 e. The minimum absolute atomic E-state index is 0.164. The van der Waals surface area contributed by atoms with Gasteiger partial charge in [-0.15, -0.1) is 0 Å². The Morgan fingerprint density at radius 2 is 1.74 bits per heavy atom. The zero-order valence-electron chi connectivity index (χ0n) is 28.9. The molecule has 2 aromatic heterocycles. The van der Waals surface area contributed by atoms with Gasteiger partial charge in [-0.25, -0.2) is 0 Å². The average molecular weight is 622 g/mol. The fourth-order valence-electron chi connectivity index (χ4n) is 5.87. The summed E-state index contributed by atoms with van der Waals surface area (Å²) in [6.45, 7) is 17.5. The maximum absolute atomic E-state index is 13.2. The van der Waals surface area contributed by atoms with E-state index in [9.17, 15) is 4.79 Å². The lowest BCUT2D eigenvalue weighted by atomic mass is 9.82. The van der Waals surface area contributed by atoms with Crippen LogP contribution in [0.1, 0.15) is 74.8 Å². The first kappa shape index (κ1) is 36.0. The van der Waals surface area contributed by atoms with Gasteiger partial charge in [-0.2, -0.15) is 10.3 Å². The van der Waals surface area contributed by atoms with E-state index in [4.69, 9.17) is 11.0 Å². The molecule has 0 radical (unpaired) electrons. The van der Waals surface area contributed by atoms with Gasteiger partial charge in [-0.05, 0) is 125 Å². The third-order valence-electron chi connectivity index (χ3n) is 8.62. The molecule has 4 rings (SSSR count). The predicted octanol–water partition coefficient (Wildman–Crippen LogP) is 7.12. The Morgan fingerprint density at radius 3 is 2.33 bits per heavy atom. The summed E-state index contributed by atoms with van der Waals surface area (Å²) in [5, 5.41) is 9.45. The van der Waals surface area contributed by atoms with Crippen LogP contribution >= 0.6 is 0 Å². The van der Waals surface area contributed by atoms with Gasteiger partial charge in [0.2, 0.25) is 12.1 Å². The second-order valence-electron chi connectivity index (χ2n) is 12.6. The monoisotopic (exact) mass is 621 g/mol. The van der Waals surface area contributed by atoms with E-state index >= 15 is 0 Å². The fraction of sp³-hybridized carbons (Fsp3) is 0.421. The second kappa shape index (κ2) is 16.7. The van der Waals surface area contributed by atoms with Crippen LogP contribution in [0.2, 0.25) is 0 Å². The highest BCUT2D eigenvalue weighted by molar-refractivity contribution is 5.94. The van der Waals surface area contributed by atoms with Gasteiger partial charge < -0.3 is 20.5 Å². The zero-order valence-corrected chi connectivity index (χ0v) is 28.9. The zero-order chi connectivity index (χ0) is 33.9. The van der Waals surface area contributed by atoms with E-state index in [0.29, 0.717) is 12.5 Å². The van der Waals surface area contributed by atoms with Crippen molar-refractivity contribution in [2.75, 3.05) is 33.2 Å². The molecule has 0 fully saturated rings. The molecule has 3 N–H and O–H groups in total. The summed E-state index contributed by atoms with van der Waals surface area (Å²) in [5.74, 6) is 0.651.